The lowest BCUT2D eigenvalue weighted by atomic mass is 9.75. The molecule has 3 amide bonds. The van der Waals surface area contributed by atoms with Gasteiger partial charge in [-0.2, -0.15) is 0 Å². The summed E-state index contributed by atoms with van der Waals surface area (Å²) >= 11 is 0. The Morgan fingerprint density at radius 3 is 2.34 bits per heavy atom. The van der Waals surface area contributed by atoms with Crippen molar-refractivity contribution in [2.24, 2.45) is 5.41 Å². The number of nitrogens with zero attached hydrogens (tertiary/aromatic N) is 5. The van der Waals surface area contributed by atoms with Gasteiger partial charge in [-0.25, -0.2) is 14.6 Å². The average Bonchev–Trinajstić information content (AvgIpc) is 3.48. The van der Waals surface area contributed by atoms with Crippen molar-refractivity contribution in [3.63, 3.8) is 0 Å². The number of hydrogen-bond donors (Lipinski definition) is 1. The van der Waals surface area contributed by atoms with Crippen LogP contribution in [0.25, 0.3) is 11.3 Å². The summed E-state index contributed by atoms with van der Waals surface area (Å²) < 4.78 is 1.67. The molecule has 1 saturated carbocycles. The summed E-state index contributed by atoms with van der Waals surface area (Å²) in [6.07, 6.45) is 6.93. The van der Waals surface area contributed by atoms with Crippen LogP contribution in [-0.4, -0.2) is 74.2 Å². The molecule has 9 nitrogen and oxygen atoms in total. The molecule has 2 aromatic carbocycles. The van der Waals surface area contributed by atoms with E-state index in [1.165, 1.54) is 10.5 Å². The Hall–Kier alpha value is -4.40. The Balaban J connectivity index is 1.23. The predicted octanol–water partition coefficient (Wildman–Crippen LogP) is 4.87. The van der Waals surface area contributed by atoms with Crippen LogP contribution in [0.3, 0.4) is 0 Å². The van der Waals surface area contributed by atoms with Gasteiger partial charge >= 0.3 is 12.1 Å². The Labute approximate surface area is 239 Å². The van der Waals surface area contributed by atoms with Crippen molar-refractivity contribution >= 4 is 12.1 Å². The Morgan fingerprint density at radius 1 is 0.951 bits per heavy atom. The summed E-state index contributed by atoms with van der Waals surface area (Å²) in [7, 11) is 0. The molecule has 0 radical (unpaired) electrons. The van der Waals surface area contributed by atoms with Gasteiger partial charge in [0.25, 0.3) is 5.56 Å². The highest BCUT2D eigenvalue weighted by Crippen LogP contribution is 2.47. The fourth-order valence-electron chi connectivity index (χ4n) is 6.70. The number of benzene rings is 2. The van der Waals surface area contributed by atoms with Gasteiger partial charge in [-0.3, -0.25) is 9.36 Å². The first kappa shape index (κ1) is 26.8. The lowest BCUT2D eigenvalue weighted by molar-refractivity contribution is 0.0633. The Kier molecular flexibility index (Phi) is 7.34. The van der Waals surface area contributed by atoms with Crippen molar-refractivity contribution in [3.05, 3.63) is 101 Å². The molecule has 0 bridgehead atoms. The van der Waals surface area contributed by atoms with Crippen LogP contribution < -0.4 is 5.56 Å². The van der Waals surface area contributed by atoms with Crippen LogP contribution in [0.4, 0.5) is 9.59 Å². The summed E-state index contributed by atoms with van der Waals surface area (Å²) in [5.41, 5.74) is 3.44. The first-order valence-corrected chi connectivity index (χ1v) is 14.3. The normalized spacial score (nSPS) is 20.2. The number of carbonyl (C=O) groups is 2. The molecule has 1 aliphatic carbocycles. The van der Waals surface area contributed by atoms with Gasteiger partial charge in [-0.1, -0.05) is 79.6 Å². The minimum atomic E-state index is -0.963. The molecule has 1 atom stereocenters. The maximum Gasteiger partial charge on any atom is 0.407 e. The van der Waals surface area contributed by atoms with E-state index >= 15 is 0 Å². The van der Waals surface area contributed by atoms with E-state index in [0.29, 0.717) is 38.4 Å². The predicted molar refractivity (Wildman–Crippen MR) is 155 cm³/mol. The highest BCUT2D eigenvalue weighted by molar-refractivity contribution is 5.76. The number of piperazine rings is 1. The molecule has 6 rings (SSSR count). The molecule has 212 valence electrons. The van der Waals surface area contributed by atoms with E-state index in [-0.39, 0.29) is 29.6 Å². The molecule has 1 spiro atoms. The van der Waals surface area contributed by atoms with E-state index in [9.17, 15) is 19.5 Å². The first-order valence-electron chi connectivity index (χ1n) is 14.3. The van der Waals surface area contributed by atoms with Gasteiger partial charge in [0.1, 0.15) is 0 Å². The smallest absolute Gasteiger partial charge is 0.407 e. The second-order valence-corrected chi connectivity index (χ2v) is 11.3. The van der Waals surface area contributed by atoms with Gasteiger partial charge in [0.05, 0.1) is 18.1 Å². The second kappa shape index (κ2) is 11.2. The molecule has 3 aliphatic rings. The van der Waals surface area contributed by atoms with Gasteiger partial charge in [-0.15, -0.1) is 0 Å². The molecule has 1 N–H and O–H groups in total. The number of urea groups is 1. The van der Waals surface area contributed by atoms with Gasteiger partial charge in [-0.05, 0) is 24.0 Å². The van der Waals surface area contributed by atoms with E-state index < -0.39 is 6.09 Å². The summed E-state index contributed by atoms with van der Waals surface area (Å²) in [5.74, 6) is 0. The number of hydrogen-bond acceptors (Lipinski definition) is 4. The fraction of sp³-hybridized carbons (Fsp3) is 0.375. The molecule has 1 saturated heterocycles. The lowest BCUT2D eigenvalue weighted by Crippen LogP contribution is -2.57. The fourth-order valence-corrected chi connectivity index (χ4v) is 6.70. The van der Waals surface area contributed by atoms with E-state index in [0.717, 1.165) is 36.8 Å². The molecule has 0 unspecified atom stereocenters. The molecule has 1 aromatic heterocycles. The largest absolute Gasteiger partial charge is 0.465 e. The molecular weight excluding hydrogens is 518 g/mol. The number of carbonyl (C=O) groups excluding carboxylic acids is 1. The van der Waals surface area contributed by atoms with Crippen molar-refractivity contribution in [1.29, 1.82) is 0 Å². The van der Waals surface area contributed by atoms with Gasteiger partial charge in [0.15, 0.2) is 0 Å². The van der Waals surface area contributed by atoms with E-state index in [1.54, 1.807) is 17.0 Å². The quantitative estimate of drug-likeness (QED) is 0.465. The zero-order valence-electron chi connectivity index (χ0n) is 23.1. The number of aromatic nitrogens is 2. The van der Waals surface area contributed by atoms with Crippen molar-refractivity contribution < 1.29 is 14.7 Å². The standard InChI is InChI=1S/C32H35N5O4/c38-29-19-27(24-9-3-1-4-10-24)33-23-36(29)20-26-13-16-35(22-32(26)14-7-8-15-32)30(39)37-18-17-34(31(40)41)21-28(37)25-11-5-2-6-12-25/h1-6,9-13,19,23,28H,7-8,14-18,20-22H2,(H,40,41)/t28-/m0/s1. The molecule has 3 aromatic rings. The average molecular weight is 554 g/mol. The van der Waals surface area contributed by atoms with Crippen molar-refractivity contribution in [3.8, 4) is 11.3 Å². The van der Waals surface area contributed by atoms with Gasteiger partial charge in [0, 0.05) is 56.3 Å². The zero-order chi connectivity index (χ0) is 28.4. The third-order valence-electron chi connectivity index (χ3n) is 8.93. The molecule has 2 fully saturated rings. The minimum Gasteiger partial charge on any atom is -0.465 e. The van der Waals surface area contributed by atoms with Crippen LogP contribution in [0.15, 0.2) is 89.5 Å². The number of carboxylic acid groups (broad SMARTS) is 1. The second-order valence-electron chi connectivity index (χ2n) is 11.3. The van der Waals surface area contributed by atoms with Crippen LogP contribution in [-0.2, 0) is 6.54 Å². The summed E-state index contributed by atoms with van der Waals surface area (Å²) in [5, 5.41) is 9.63. The maximum absolute atomic E-state index is 14.0. The van der Waals surface area contributed by atoms with Gasteiger partial charge < -0.3 is 19.8 Å². The van der Waals surface area contributed by atoms with Crippen LogP contribution in [0, 0.1) is 5.41 Å². The van der Waals surface area contributed by atoms with E-state index in [2.05, 4.69) is 11.1 Å². The van der Waals surface area contributed by atoms with Crippen molar-refractivity contribution in [2.75, 3.05) is 32.7 Å². The number of rotatable bonds is 4. The highest BCUT2D eigenvalue weighted by Gasteiger charge is 2.44. The molecular formula is C32H35N5O4. The molecule has 3 heterocycles. The summed E-state index contributed by atoms with van der Waals surface area (Å²) in [6.45, 7) is 2.41. The van der Waals surface area contributed by atoms with Crippen LogP contribution in [0.1, 0.15) is 37.3 Å². The van der Waals surface area contributed by atoms with E-state index in [4.69, 9.17) is 0 Å². The highest BCUT2D eigenvalue weighted by atomic mass is 16.4. The third kappa shape index (κ3) is 5.36. The molecule has 41 heavy (non-hydrogen) atoms. The van der Waals surface area contributed by atoms with E-state index in [1.807, 2.05) is 70.5 Å². The minimum absolute atomic E-state index is 0.0588. The zero-order valence-corrected chi connectivity index (χ0v) is 23.1. The van der Waals surface area contributed by atoms with Crippen molar-refractivity contribution in [2.45, 2.75) is 38.3 Å². The summed E-state index contributed by atoms with van der Waals surface area (Å²) in [6, 6.07) is 20.6. The monoisotopic (exact) mass is 553 g/mol. The van der Waals surface area contributed by atoms with Crippen LogP contribution in [0.5, 0.6) is 0 Å². The third-order valence-corrected chi connectivity index (χ3v) is 8.93. The van der Waals surface area contributed by atoms with Crippen LogP contribution in [0.2, 0.25) is 0 Å². The van der Waals surface area contributed by atoms with Crippen molar-refractivity contribution in [1.82, 2.24) is 24.3 Å². The summed E-state index contributed by atoms with van der Waals surface area (Å²) in [4.78, 5) is 48.6. The SMILES string of the molecule is O=C(O)N1CCN(C(=O)N2CC=C(Cn3cnc(-c4ccccc4)cc3=O)C3(CCCC3)C2)[C@H](c2ccccc2)C1. The topological polar surface area (TPSA) is 99.0 Å². The lowest BCUT2D eigenvalue weighted by Gasteiger charge is -2.46. The molecule has 2 aliphatic heterocycles. The molecule has 9 heteroatoms. The Bertz CT molecular complexity index is 1500. The van der Waals surface area contributed by atoms with Gasteiger partial charge in [0.2, 0.25) is 0 Å². The Morgan fingerprint density at radius 2 is 1.66 bits per heavy atom. The maximum atomic E-state index is 14.0. The first-order chi connectivity index (χ1) is 19.9. The number of amides is 3. The van der Waals surface area contributed by atoms with Crippen LogP contribution >= 0.6 is 0 Å².